The molecule has 1 atom stereocenters. The molecule has 4 nitrogen and oxygen atoms in total. The molecule has 0 aliphatic carbocycles. The van der Waals surface area contributed by atoms with E-state index in [1.807, 2.05) is 0 Å². The molecule has 0 saturated heterocycles. The number of halogens is 1. The van der Waals surface area contributed by atoms with E-state index in [-0.39, 0.29) is 18.1 Å². The molecule has 102 valence electrons. The molecule has 0 bridgehead atoms. The van der Waals surface area contributed by atoms with Crippen molar-refractivity contribution in [3.05, 3.63) is 28.9 Å². The van der Waals surface area contributed by atoms with Crippen LogP contribution in [0.4, 0.5) is 10.1 Å². The summed E-state index contributed by atoms with van der Waals surface area (Å²) in [5, 5.41) is 9.58. The van der Waals surface area contributed by atoms with E-state index in [1.165, 1.54) is 11.0 Å². The Kier molecular flexibility index (Phi) is 3.73. The summed E-state index contributed by atoms with van der Waals surface area (Å²) < 4.78 is 14.3. The molecule has 1 heterocycles. The van der Waals surface area contributed by atoms with Crippen LogP contribution in [0.5, 0.6) is 0 Å². The lowest BCUT2D eigenvalue weighted by Gasteiger charge is -2.18. The van der Waals surface area contributed by atoms with Crippen LogP contribution in [0.2, 0.25) is 0 Å². The zero-order valence-electron chi connectivity index (χ0n) is 10.7. The van der Waals surface area contributed by atoms with Gasteiger partial charge in [-0.15, -0.1) is 11.3 Å². The van der Waals surface area contributed by atoms with E-state index in [0.29, 0.717) is 15.0 Å². The third-order valence-corrected chi connectivity index (χ3v) is 3.94. The number of benzene rings is 1. The molecule has 0 spiro atoms. The molecule has 0 fully saturated rings. The Morgan fingerprint density at radius 3 is 2.84 bits per heavy atom. The van der Waals surface area contributed by atoms with Gasteiger partial charge in [-0.1, -0.05) is 6.07 Å². The standard InChI is InChI=1S/C13H15FN2O2S/c1-7(17)6-16(2)13(18)12-11(15)10-8(14)4-3-5-9(10)19-12/h3-5,7,17H,6,15H2,1-2H3. The molecule has 3 N–H and O–H groups in total. The van der Waals surface area contributed by atoms with Crippen LogP contribution in [0.1, 0.15) is 16.6 Å². The minimum Gasteiger partial charge on any atom is -0.397 e. The number of hydrogen-bond donors (Lipinski definition) is 2. The lowest BCUT2D eigenvalue weighted by atomic mass is 10.2. The van der Waals surface area contributed by atoms with Gasteiger partial charge in [-0.3, -0.25) is 4.79 Å². The fourth-order valence-electron chi connectivity index (χ4n) is 1.94. The highest BCUT2D eigenvalue weighted by Gasteiger charge is 2.21. The van der Waals surface area contributed by atoms with Gasteiger partial charge in [-0.2, -0.15) is 0 Å². The van der Waals surface area contributed by atoms with Gasteiger partial charge in [0.25, 0.3) is 5.91 Å². The van der Waals surface area contributed by atoms with Gasteiger partial charge in [0.05, 0.1) is 17.2 Å². The first-order valence-electron chi connectivity index (χ1n) is 5.81. The highest BCUT2D eigenvalue weighted by Crippen LogP contribution is 2.35. The summed E-state index contributed by atoms with van der Waals surface area (Å²) in [5.74, 6) is -0.734. The number of rotatable bonds is 3. The Morgan fingerprint density at radius 2 is 2.26 bits per heavy atom. The fraction of sp³-hybridized carbons (Fsp3) is 0.308. The lowest BCUT2D eigenvalue weighted by molar-refractivity contribution is 0.0709. The first-order valence-corrected chi connectivity index (χ1v) is 6.63. The average molecular weight is 282 g/mol. The number of carbonyl (C=O) groups excluding carboxylic acids is 1. The molecule has 0 aliphatic rings. The van der Waals surface area contributed by atoms with Gasteiger partial charge in [-0.25, -0.2) is 4.39 Å². The number of fused-ring (bicyclic) bond motifs is 1. The fourth-order valence-corrected chi connectivity index (χ4v) is 3.07. The number of aliphatic hydroxyl groups excluding tert-OH is 1. The maximum Gasteiger partial charge on any atom is 0.265 e. The second kappa shape index (κ2) is 5.14. The Hall–Kier alpha value is -1.66. The van der Waals surface area contributed by atoms with Crippen molar-refractivity contribution in [3.63, 3.8) is 0 Å². The van der Waals surface area contributed by atoms with Gasteiger partial charge in [0.15, 0.2) is 0 Å². The van der Waals surface area contributed by atoms with Crippen LogP contribution in [-0.4, -0.2) is 35.6 Å². The zero-order valence-corrected chi connectivity index (χ0v) is 11.5. The van der Waals surface area contributed by atoms with Gasteiger partial charge in [0.2, 0.25) is 0 Å². The molecule has 1 aromatic carbocycles. The van der Waals surface area contributed by atoms with Gasteiger partial charge in [0, 0.05) is 18.3 Å². The molecule has 0 saturated carbocycles. The molecule has 0 aliphatic heterocycles. The minimum absolute atomic E-state index is 0.167. The van der Waals surface area contributed by atoms with Crippen LogP contribution in [-0.2, 0) is 0 Å². The highest BCUT2D eigenvalue weighted by atomic mass is 32.1. The van der Waals surface area contributed by atoms with Crippen LogP contribution < -0.4 is 5.73 Å². The van der Waals surface area contributed by atoms with Gasteiger partial charge < -0.3 is 15.7 Å². The van der Waals surface area contributed by atoms with Gasteiger partial charge in [0.1, 0.15) is 10.7 Å². The van der Waals surface area contributed by atoms with Crippen LogP contribution in [0.25, 0.3) is 10.1 Å². The Morgan fingerprint density at radius 1 is 1.58 bits per heavy atom. The molecule has 0 radical (unpaired) electrons. The molecule has 6 heteroatoms. The van der Waals surface area contributed by atoms with Crippen molar-refractivity contribution in [1.82, 2.24) is 4.90 Å². The normalized spacial score (nSPS) is 12.6. The van der Waals surface area contributed by atoms with Crippen LogP contribution in [0.15, 0.2) is 18.2 Å². The van der Waals surface area contributed by atoms with Crippen LogP contribution in [0.3, 0.4) is 0 Å². The monoisotopic (exact) mass is 282 g/mol. The molecule has 1 unspecified atom stereocenters. The van der Waals surface area contributed by atoms with E-state index in [4.69, 9.17) is 5.73 Å². The van der Waals surface area contributed by atoms with Crippen LogP contribution >= 0.6 is 11.3 Å². The summed E-state index contributed by atoms with van der Waals surface area (Å²) in [5.41, 5.74) is 6.04. The summed E-state index contributed by atoms with van der Waals surface area (Å²) in [7, 11) is 1.58. The summed E-state index contributed by atoms with van der Waals surface area (Å²) in [6.07, 6.45) is -0.624. The SMILES string of the molecule is CC(O)CN(C)C(=O)c1sc2cccc(F)c2c1N. The highest BCUT2D eigenvalue weighted by molar-refractivity contribution is 7.21. The molecule has 19 heavy (non-hydrogen) atoms. The van der Waals surface area contributed by atoms with Crippen molar-refractivity contribution in [2.24, 2.45) is 0 Å². The number of nitrogen functional groups attached to an aromatic ring is 1. The van der Waals surface area contributed by atoms with E-state index in [2.05, 4.69) is 0 Å². The van der Waals surface area contributed by atoms with Crippen LogP contribution in [0, 0.1) is 5.82 Å². The number of likely N-dealkylation sites (N-methyl/N-ethyl adjacent to an activating group) is 1. The first kappa shape index (κ1) is 13.8. The Balaban J connectivity index is 2.43. The topological polar surface area (TPSA) is 66.6 Å². The Bertz CT molecular complexity index is 624. The quantitative estimate of drug-likeness (QED) is 0.905. The van der Waals surface area contributed by atoms with E-state index in [9.17, 15) is 14.3 Å². The predicted octanol–water partition coefficient (Wildman–Crippen LogP) is 2.08. The van der Waals surface area contributed by atoms with Gasteiger partial charge in [-0.05, 0) is 19.1 Å². The van der Waals surface area contributed by atoms with Crippen molar-refractivity contribution in [3.8, 4) is 0 Å². The van der Waals surface area contributed by atoms with E-state index < -0.39 is 11.9 Å². The second-order valence-corrected chi connectivity index (χ2v) is 5.54. The number of amides is 1. The maximum atomic E-state index is 13.7. The summed E-state index contributed by atoms with van der Waals surface area (Å²) in [4.78, 5) is 13.9. The number of nitrogens with zero attached hydrogens (tertiary/aromatic N) is 1. The molecular formula is C13H15FN2O2S. The van der Waals surface area contributed by atoms with Gasteiger partial charge >= 0.3 is 0 Å². The number of nitrogens with two attached hydrogens (primary N) is 1. The van der Waals surface area contributed by atoms with Crippen molar-refractivity contribution in [2.75, 3.05) is 19.3 Å². The van der Waals surface area contributed by atoms with Crippen molar-refractivity contribution in [2.45, 2.75) is 13.0 Å². The lowest BCUT2D eigenvalue weighted by Crippen LogP contribution is -2.32. The summed E-state index contributed by atoms with van der Waals surface area (Å²) in [6.45, 7) is 1.80. The number of carbonyl (C=O) groups is 1. The largest absolute Gasteiger partial charge is 0.397 e. The third-order valence-electron chi connectivity index (χ3n) is 2.78. The molecule has 2 rings (SSSR count). The summed E-state index contributed by atoms with van der Waals surface area (Å²) in [6, 6.07) is 4.63. The third kappa shape index (κ3) is 2.54. The van der Waals surface area contributed by atoms with E-state index in [1.54, 1.807) is 26.1 Å². The van der Waals surface area contributed by atoms with Crippen molar-refractivity contribution < 1.29 is 14.3 Å². The predicted molar refractivity (Wildman–Crippen MR) is 74.8 cm³/mol. The maximum absolute atomic E-state index is 13.7. The van der Waals surface area contributed by atoms with E-state index >= 15 is 0 Å². The number of thiophene rings is 1. The smallest absolute Gasteiger partial charge is 0.265 e. The average Bonchev–Trinajstić information content (AvgIpc) is 2.66. The van der Waals surface area contributed by atoms with Crippen molar-refractivity contribution >= 4 is 33.0 Å². The molecule has 1 amide bonds. The van der Waals surface area contributed by atoms with E-state index in [0.717, 1.165) is 11.3 Å². The Labute approximate surface area is 114 Å². The zero-order chi connectivity index (χ0) is 14.2. The molecule has 2 aromatic rings. The molecule has 1 aromatic heterocycles. The summed E-state index contributed by atoms with van der Waals surface area (Å²) >= 11 is 1.16. The van der Waals surface area contributed by atoms with Crippen molar-refractivity contribution in [1.29, 1.82) is 0 Å². The minimum atomic E-state index is -0.624. The first-order chi connectivity index (χ1) is 8.91. The number of hydrogen-bond acceptors (Lipinski definition) is 4. The number of aliphatic hydroxyl groups is 1. The number of anilines is 1. The second-order valence-electron chi connectivity index (χ2n) is 4.49. The molecular weight excluding hydrogens is 267 g/mol.